The van der Waals surface area contributed by atoms with Crippen LogP contribution in [0.1, 0.15) is 12.5 Å². The van der Waals surface area contributed by atoms with Crippen molar-refractivity contribution in [2.75, 3.05) is 6.61 Å². The third-order valence-electron chi connectivity index (χ3n) is 3.44. The SMILES string of the molecule is CC(/C=N\NC(=O)[C@@H]1COc2ccccc2O1)=C\c1ccccc1. The van der Waals surface area contributed by atoms with Crippen LogP contribution in [0.25, 0.3) is 6.08 Å². The van der Waals surface area contributed by atoms with Crippen LogP contribution < -0.4 is 14.9 Å². The smallest absolute Gasteiger partial charge is 0.284 e. The van der Waals surface area contributed by atoms with E-state index in [9.17, 15) is 4.79 Å². The minimum Gasteiger partial charge on any atom is -0.485 e. The van der Waals surface area contributed by atoms with E-state index in [1.165, 1.54) is 0 Å². The molecule has 122 valence electrons. The second-order valence-electron chi connectivity index (χ2n) is 5.40. The molecule has 0 aromatic heterocycles. The normalized spacial score (nSPS) is 16.9. The number of hydrazone groups is 1. The fourth-order valence-electron chi connectivity index (χ4n) is 2.27. The van der Waals surface area contributed by atoms with Gasteiger partial charge in [0.25, 0.3) is 5.91 Å². The Morgan fingerprint density at radius 1 is 1.12 bits per heavy atom. The molecule has 1 atom stereocenters. The number of para-hydroxylation sites is 2. The number of allylic oxidation sites excluding steroid dienone is 1. The van der Waals surface area contributed by atoms with Gasteiger partial charge in [-0.3, -0.25) is 4.79 Å². The highest BCUT2D eigenvalue weighted by Gasteiger charge is 2.26. The lowest BCUT2D eigenvalue weighted by Gasteiger charge is -2.24. The number of amides is 1. The third-order valence-corrected chi connectivity index (χ3v) is 3.44. The van der Waals surface area contributed by atoms with E-state index in [2.05, 4.69) is 10.5 Å². The van der Waals surface area contributed by atoms with Crippen LogP contribution in [-0.2, 0) is 4.79 Å². The van der Waals surface area contributed by atoms with E-state index in [0.717, 1.165) is 11.1 Å². The van der Waals surface area contributed by atoms with Crippen LogP contribution in [-0.4, -0.2) is 24.8 Å². The molecule has 1 aliphatic heterocycles. The van der Waals surface area contributed by atoms with Gasteiger partial charge in [0.1, 0.15) is 6.61 Å². The fraction of sp³-hybridized carbons (Fsp3) is 0.158. The van der Waals surface area contributed by atoms with Crippen LogP contribution in [0.3, 0.4) is 0 Å². The third kappa shape index (κ3) is 4.01. The Balaban J connectivity index is 1.55. The quantitative estimate of drug-likeness (QED) is 0.695. The molecule has 1 amide bonds. The van der Waals surface area contributed by atoms with E-state index in [4.69, 9.17) is 9.47 Å². The molecule has 0 spiro atoms. The Morgan fingerprint density at radius 3 is 2.62 bits per heavy atom. The fourth-order valence-corrected chi connectivity index (χ4v) is 2.27. The van der Waals surface area contributed by atoms with E-state index in [1.54, 1.807) is 18.3 Å². The lowest BCUT2D eigenvalue weighted by Crippen LogP contribution is -2.42. The second-order valence-corrected chi connectivity index (χ2v) is 5.40. The molecule has 5 heteroatoms. The second kappa shape index (κ2) is 7.46. The molecule has 1 aliphatic rings. The number of nitrogens with one attached hydrogen (secondary N) is 1. The predicted molar refractivity (Wildman–Crippen MR) is 93.1 cm³/mol. The van der Waals surface area contributed by atoms with Crippen molar-refractivity contribution in [1.29, 1.82) is 0 Å². The summed E-state index contributed by atoms with van der Waals surface area (Å²) in [6.45, 7) is 2.08. The highest BCUT2D eigenvalue weighted by molar-refractivity contribution is 5.87. The van der Waals surface area contributed by atoms with Gasteiger partial charge in [-0.05, 0) is 30.2 Å². The number of hydrogen-bond donors (Lipinski definition) is 1. The van der Waals surface area contributed by atoms with Gasteiger partial charge in [-0.1, -0.05) is 48.5 Å². The van der Waals surface area contributed by atoms with Gasteiger partial charge in [-0.15, -0.1) is 0 Å². The molecule has 0 fully saturated rings. The zero-order valence-corrected chi connectivity index (χ0v) is 13.3. The maximum Gasteiger partial charge on any atom is 0.284 e. The molecular weight excluding hydrogens is 304 g/mol. The number of nitrogens with zero attached hydrogens (tertiary/aromatic N) is 1. The number of ether oxygens (including phenoxy) is 2. The van der Waals surface area contributed by atoms with Gasteiger partial charge >= 0.3 is 0 Å². The first-order valence-electron chi connectivity index (χ1n) is 7.67. The number of hydrogen-bond acceptors (Lipinski definition) is 4. The largest absolute Gasteiger partial charge is 0.485 e. The molecule has 2 aromatic rings. The number of rotatable bonds is 4. The summed E-state index contributed by atoms with van der Waals surface area (Å²) >= 11 is 0. The zero-order valence-electron chi connectivity index (χ0n) is 13.3. The van der Waals surface area contributed by atoms with Gasteiger partial charge in [0.2, 0.25) is 6.10 Å². The molecule has 24 heavy (non-hydrogen) atoms. The lowest BCUT2D eigenvalue weighted by molar-refractivity contribution is -0.130. The Morgan fingerprint density at radius 2 is 1.83 bits per heavy atom. The summed E-state index contributed by atoms with van der Waals surface area (Å²) in [5.41, 5.74) is 4.49. The summed E-state index contributed by atoms with van der Waals surface area (Å²) in [5, 5.41) is 3.97. The van der Waals surface area contributed by atoms with Crippen LogP contribution in [0.4, 0.5) is 0 Å². The maximum atomic E-state index is 12.1. The Hall–Kier alpha value is -3.08. The molecule has 2 aromatic carbocycles. The number of fused-ring (bicyclic) bond motifs is 1. The predicted octanol–water partition coefficient (Wildman–Crippen LogP) is 3.03. The first kappa shape index (κ1) is 15.8. The molecule has 1 N–H and O–H groups in total. The van der Waals surface area contributed by atoms with Gasteiger partial charge in [0, 0.05) is 0 Å². The molecule has 0 saturated carbocycles. The molecule has 0 bridgehead atoms. The van der Waals surface area contributed by atoms with Crippen molar-refractivity contribution >= 4 is 18.2 Å². The van der Waals surface area contributed by atoms with E-state index < -0.39 is 6.10 Å². The Bertz CT molecular complexity index is 769. The topological polar surface area (TPSA) is 59.9 Å². The minimum atomic E-state index is -0.713. The maximum absolute atomic E-state index is 12.1. The standard InChI is InChI=1S/C19H18N2O3/c1-14(11-15-7-3-2-4-8-15)12-20-21-19(22)18-13-23-16-9-5-6-10-17(16)24-18/h2-12,18H,13H2,1H3,(H,21,22)/b14-11+,20-12-/t18-/m0/s1. The van der Waals surface area contributed by atoms with Crippen molar-refractivity contribution < 1.29 is 14.3 Å². The van der Waals surface area contributed by atoms with Crippen LogP contribution >= 0.6 is 0 Å². The highest BCUT2D eigenvalue weighted by atomic mass is 16.6. The summed E-state index contributed by atoms with van der Waals surface area (Å²) in [5.74, 6) is 0.869. The van der Waals surface area contributed by atoms with Gasteiger partial charge < -0.3 is 9.47 Å². The summed E-state index contributed by atoms with van der Waals surface area (Å²) in [4.78, 5) is 12.1. The number of benzene rings is 2. The van der Waals surface area contributed by atoms with Gasteiger partial charge in [0.05, 0.1) is 6.21 Å². The summed E-state index contributed by atoms with van der Waals surface area (Å²) in [7, 11) is 0. The minimum absolute atomic E-state index is 0.164. The molecule has 1 heterocycles. The Labute approximate surface area is 140 Å². The van der Waals surface area contributed by atoms with Crippen molar-refractivity contribution in [3.63, 3.8) is 0 Å². The monoisotopic (exact) mass is 322 g/mol. The van der Waals surface area contributed by atoms with Crippen molar-refractivity contribution in [3.05, 3.63) is 65.7 Å². The average Bonchev–Trinajstić information content (AvgIpc) is 2.62. The summed E-state index contributed by atoms with van der Waals surface area (Å²) < 4.78 is 11.1. The van der Waals surface area contributed by atoms with Crippen molar-refractivity contribution in [3.8, 4) is 11.5 Å². The number of carbonyl (C=O) groups excluding carboxylic acids is 1. The first-order valence-corrected chi connectivity index (χ1v) is 7.67. The van der Waals surface area contributed by atoms with Gasteiger partial charge in [0.15, 0.2) is 11.5 Å². The van der Waals surface area contributed by atoms with E-state index in [-0.39, 0.29) is 12.5 Å². The lowest BCUT2D eigenvalue weighted by atomic mass is 10.1. The molecule has 0 radical (unpaired) electrons. The highest BCUT2D eigenvalue weighted by Crippen LogP contribution is 2.30. The van der Waals surface area contributed by atoms with E-state index in [0.29, 0.717) is 11.5 Å². The first-order chi connectivity index (χ1) is 11.7. The summed E-state index contributed by atoms with van der Waals surface area (Å²) in [6.07, 6.45) is 2.87. The van der Waals surface area contributed by atoms with Crippen LogP contribution in [0.15, 0.2) is 65.3 Å². The average molecular weight is 322 g/mol. The van der Waals surface area contributed by atoms with Gasteiger partial charge in [-0.25, -0.2) is 5.43 Å². The molecule has 5 nitrogen and oxygen atoms in total. The number of carbonyl (C=O) groups is 1. The van der Waals surface area contributed by atoms with Crippen molar-refractivity contribution in [2.24, 2.45) is 5.10 Å². The summed E-state index contributed by atoms with van der Waals surface area (Å²) in [6, 6.07) is 17.2. The molecule has 0 unspecified atom stereocenters. The molecule has 3 rings (SSSR count). The molecule has 0 aliphatic carbocycles. The molecule has 0 saturated heterocycles. The van der Waals surface area contributed by atoms with Crippen molar-refractivity contribution in [2.45, 2.75) is 13.0 Å². The van der Waals surface area contributed by atoms with Crippen LogP contribution in [0.2, 0.25) is 0 Å². The van der Waals surface area contributed by atoms with Gasteiger partial charge in [-0.2, -0.15) is 5.10 Å². The Kier molecular flexibility index (Phi) is 4.91. The van der Waals surface area contributed by atoms with Crippen molar-refractivity contribution in [1.82, 2.24) is 5.43 Å². The zero-order chi connectivity index (χ0) is 16.8. The van der Waals surface area contributed by atoms with E-state index in [1.807, 2.05) is 55.5 Å². The molecular formula is C19H18N2O3. The van der Waals surface area contributed by atoms with E-state index >= 15 is 0 Å². The van der Waals surface area contributed by atoms with Crippen LogP contribution in [0, 0.1) is 0 Å². The van der Waals surface area contributed by atoms with Crippen LogP contribution in [0.5, 0.6) is 11.5 Å².